The van der Waals surface area contributed by atoms with Crippen LogP contribution in [0, 0.1) is 17.8 Å². The lowest BCUT2D eigenvalue weighted by Crippen LogP contribution is -2.33. The summed E-state index contributed by atoms with van der Waals surface area (Å²) < 4.78 is 0. The quantitative estimate of drug-likeness (QED) is 0.262. The molecule has 1 unspecified atom stereocenters. The van der Waals surface area contributed by atoms with Crippen molar-refractivity contribution >= 4 is 11.8 Å². The van der Waals surface area contributed by atoms with Crippen LogP contribution in [0.15, 0.2) is 24.4 Å². The predicted octanol–water partition coefficient (Wildman–Crippen LogP) is 5.06. The van der Waals surface area contributed by atoms with E-state index in [1.165, 1.54) is 36.2 Å². The van der Waals surface area contributed by atoms with E-state index >= 15 is 0 Å². The van der Waals surface area contributed by atoms with Crippen LogP contribution in [0.2, 0.25) is 0 Å². The number of unbranched alkanes of at least 4 members (excludes halogenated alkanes) is 4. The van der Waals surface area contributed by atoms with Crippen molar-refractivity contribution < 1.29 is 9.59 Å². The molecule has 0 aromatic heterocycles. The maximum absolute atomic E-state index is 12.3. The van der Waals surface area contributed by atoms with E-state index in [9.17, 15) is 9.59 Å². The summed E-state index contributed by atoms with van der Waals surface area (Å²) in [5.41, 5.74) is 2.28. The molecule has 27 heavy (non-hydrogen) atoms. The minimum absolute atomic E-state index is 0.0112. The standard InChI is InChI=1S/C23H40N2O2/c1-17(2)19(5)12-10-8-7-9-11-14-24-20(6)13-15-25-22(26)16-21(18(3)4)23(25)27/h17-18,21,24H,5-16H2,1-4H3. The molecule has 1 aliphatic heterocycles. The molecule has 1 rings (SSSR count). The minimum atomic E-state index is -0.142. The van der Waals surface area contributed by atoms with Crippen molar-refractivity contribution in [1.29, 1.82) is 0 Å². The lowest BCUT2D eigenvalue weighted by atomic mass is 9.94. The molecule has 1 saturated heterocycles. The molecule has 0 saturated carbocycles. The van der Waals surface area contributed by atoms with Gasteiger partial charge in [0.15, 0.2) is 0 Å². The Kier molecular flexibility index (Phi) is 10.4. The number of carbonyl (C=O) groups is 2. The Morgan fingerprint density at radius 2 is 1.67 bits per heavy atom. The predicted molar refractivity (Wildman–Crippen MR) is 113 cm³/mol. The molecule has 1 heterocycles. The van der Waals surface area contributed by atoms with Gasteiger partial charge >= 0.3 is 0 Å². The molecule has 0 spiro atoms. The first kappa shape index (κ1) is 23.5. The Morgan fingerprint density at radius 3 is 2.26 bits per heavy atom. The maximum atomic E-state index is 12.3. The highest BCUT2D eigenvalue weighted by Gasteiger charge is 2.39. The monoisotopic (exact) mass is 376 g/mol. The molecular weight excluding hydrogens is 336 g/mol. The van der Waals surface area contributed by atoms with Crippen molar-refractivity contribution in [2.75, 3.05) is 13.1 Å². The van der Waals surface area contributed by atoms with Gasteiger partial charge in [-0.2, -0.15) is 0 Å². The van der Waals surface area contributed by atoms with Crippen molar-refractivity contribution in [3.05, 3.63) is 24.4 Å². The van der Waals surface area contributed by atoms with Gasteiger partial charge in [-0.25, -0.2) is 0 Å². The van der Waals surface area contributed by atoms with Gasteiger partial charge in [0.1, 0.15) is 0 Å². The van der Waals surface area contributed by atoms with Crippen LogP contribution >= 0.6 is 0 Å². The molecule has 0 aromatic carbocycles. The molecule has 1 atom stereocenters. The lowest BCUT2D eigenvalue weighted by Gasteiger charge is -2.17. The van der Waals surface area contributed by atoms with Gasteiger partial charge in [-0.3, -0.25) is 14.5 Å². The zero-order valence-electron chi connectivity index (χ0n) is 18.0. The van der Waals surface area contributed by atoms with E-state index in [1.54, 1.807) is 0 Å². The van der Waals surface area contributed by atoms with E-state index in [0.717, 1.165) is 25.1 Å². The van der Waals surface area contributed by atoms with Gasteiger partial charge in [-0.1, -0.05) is 65.7 Å². The van der Waals surface area contributed by atoms with E-state index < -0.39 is 0 Å². The second-order valence-electron chi connectivity index (χ2n) is 8.55. The molecule has 0 radical (unpaired) electrons. The van der Waals surface area contributed by atoms with Crippen LogP contribution in [-0.4, -0.2) is 29.8 Å². The van der Waals surface area contributed by atoms with Gasteiger partial charge in [0, 0.05) is 37.5 Å². The van der Waals surface area contributed by atoms with Crippen LogP contribution < -0.4 is 5.32 Å². The second-order valence-corrected chi connectivity index (χ2v) is 8.55. The Bertz CT molecular complexity index is 522. The molecule has 2 amide bonds. The fourth-order valence-electron chi connectivity index (χ4n) is 3.36. The van der Waals surface area contributed by atoms with Gasteiger partial charge in [-0.05, 0) is 31.1 Å². The molecule has 4 nitrogen and oxygen atoms in total. The Hall–Kier alpha value is -1.58. The highest BCUT2D eigenvalue weighted by molar-refractivity contribution is 6.03. The number of rotatable bonds is 14. The second kappa shape index (κ2) is 12.0. The molecule has 1 fully saturated rings. The number of nitrogens with zero attached hydrogens (tertiary/aromatic N) is 1. The van der Waals surface area contributed by atoms with Crippen LogP contribution in [0.4, 0.5) is 0 Å². The van der Waals surface area contributed by atoms with Crippen LogP contribution in [-0.2, 0) is 9.59 Å². The first-order valence-electron chi connectivity index (χ1n) is 10.7. The van der Waals surface area contributed by atoms with E-state index in [-0.39, 0.29) is 23.7 Å². The molecule has 1 aliphatic rings. The third-order valence-electron chi connectivity index (χ3n) is 5.59. The fraction of sp³-hybridized carbons (Fsp3) is 0.739. The number of allylic oxidation sites excluding steroid dienone is 1. The SMILES string of the molecule is C=C(CCN1C(=O)CC(C(C)C)C1=O)NCCCCCCCC(=C)C(C)C. The summed E-state index contributed by atoms with van der Waals surface area (Å²) >= 11 is 0. The fourth-order valence-corrected chi connectivity index (χ4v) is 3.36. The molecule has 0 aliphatic carbocycles. The van der Waals surface area contributed by atoms with E-state index in [0.29, 0.717) is 25.3 Å². The zero-order valence-corrected chi connectivity index (χ0v) is 18.0. The van der Waals surface area contributed by atoms with E-state index in [1.807, 2.05) is 13.8 Å². The highest BCUT2D eigenvalue weighted by atomic mass is 16.2. The third kappa shape index (κ3) is 8.32. The first-order chi connectivity index (χ1) is 12.7. The summed E-state index contributed by atoms with van der Waals surface area (Å²) in [5, 5.41) is 3.34. The molecular formula is C23H40N2O2. The summed E-state index contributed by atoms with van der Waals surface area (Å²) in [7, 11) is 0. The first-order valence-corrected chi connectivity index (χ1v) is 10.7. The summed E-state index contributed by atoms with van der Waals surface area (Å²) in [6, 6.07) is 0. The van der Waals surface area contributed by atoms with Gasteiger partial charge in [0.25, 0.3) is 0 Å². The average Bonchev–Trinajstić information content (AvgIpc) is 2.89. The number of imide groups is 1. The number of amides is 2. The van der Waals surface area contributed by atoms with Crippen LogP contribution in [0.5, 0.6) is 0 Å². The average molecular weight is 377 g/mol. The van der Waals surface area contributed by atoms with Crippen molar-refractivity contribution in [3.8, 4) is 0 Å². The van der Waals surface area contributed by atoms with Gasteiger partial charge in [-0.15, -0.1) is 0 Å². The summed E-state index contributed by atoms with van der Waals surface area (Å²) in [6.45, 7) is 17.9. The number of hydrogen-bond donors (Lipinski definition) is 1. The Morgan fingerprint density at radius 1 is 1.04 bits per heavy atom. The summed E-state index contributed by atoms with van der Waals surface area (Å²) in [5.74, 6) is 0.630. The minimum Gasteiger partial charge on any atom is -0.389 e. The topological polar surface area (TPSA) is 49.4 Å². The number of hydrogen-bond acceptors (Lipinski definition) is 3. The summed E-state index contributed by atoms with van der Waals surface area (Å²) in [4.78, 5) is 25.7. The highest BCUT2D eigenvalue weighted by Crippen LogP contribution is 2.26. The third-order valence-corrected chi connectivity index (χ3v) is 5.59. The van der Waals surface area contributed by atoms with E-state index in [4.69, 9.17) is 0 Å². The van der Waals surface area contributed by atoms with E-state index in [2.05, 4.69) is 32.3 Å². The van der Waals surface area contributed by atoms with Gasteiger partial charge < -0.3 is 5.32 Å². The Labute approximate surface area is 166 Å². The molecule has 1 N–H and O–H groups in total. The van der Waals surface area contributed by atoms with Crippen LogP contribution in [0.1, 0.15) is 79.1 Å². The number of likely N-dealkylation sites (tertiary alicyclic amines) is 1. The van der Waals surface area contributed by atoms with Crippen LogP contribution in [0.25, 0.3) is 0 Å². The lowest BCUT2D eigenvalue weighted by molar-refractivity contribution is -0.139. The molecule has 0 aromatic rings. The smallest absolute Gasteiger partial charge is 0.233 e. The van der Waals surface area contributed by atoms with Crippen LogP contribution in [0.3, 0.4) is 0 Å². The Balaban J connectivity index is 2.07. The van der Waals surface area contributed by atoms with Crippen molar-refractivity contribution in [3.63, 3.8) is 0 Å². The van der Waals surface area contributed by atoms with Crippen molar-refractivity contribution in [1.82, 2.24) is 10.2 Å². The molecule has 154 valence electrons. The molecule has 0 bridgehead atoms. The number of carbonyl (C=O) groups excluding carboxylic acids is 2. The maximum Gasteiger partial charge on any atom is 0.233 e. The zero-order chi connectivity index (χ0) is 20.4. The van der Waals surface area contributed by atoms with Gasteiger partial charge in [0.2, 0.25) is 11.8 Å². The summed E-state index contributed by atoms with van der Waals surface area (Å²) in [6.07, 6.45) is 8.26. The largest absolute Gasteiger partial charge is 0.389 e. The normalized spacial score (nSPS) is 17.3. The van der Waals surface area contributed by atoms with Crippen molar-refractivity contribution in [2.45, 2.75) is 79.1 Å². The van der Waals surface area contributed by atoms with Gasteiger partial charge in [0.05, 0.1) is 0 Å². The van der Waals surface area contributed by atoms with Crippen molar-refractivity contribution in [2.24, 2.45) is 17.8 Å². The molecule has 4 heteroatoms. The number of nitrogens with one attached hydrogen (secondary N) is 1.